The van der Waals surface area contributed by atoms with Crippen LogP contribution in [0.5, 0.6) is 0 Å². The summed E-state index contributed by atoms with van der Waals surface area (Å²) in [5.74, 6) is -1.84. The van der Waals surface area contributed by atoms with E-state index in [1.54, 1.807) is 0 Å². The molecule has 1 aliphatic carbocycles. The lowest BCUT2D eigenvalue weighted by Crippen LogP contribution is -2.21. The van der Waals surface area contributed by atoms with Gasteiger partial charge in [-0.2, -0.15) is 0 Å². The van der Waals surface area contributed by atoms with Gasteiger partial charge in [0, 0.05) is 11.1 Å². The van der Waals surface area contributed by atoms with Crippen LogP contribution in [-0.4, -0.2) is 22.0 Å². The van der Waals surface area contributed by atoms with Crippen LogP contribution < -0.4 is 0 Å². The summed E-state index contributed by atoms with van der Waals surface area (Å²) in [5, 5.41) is 21.8. The number of hydrogen-bond donors (Lipinski definition) is 2. The summed E-state index contributed by atoms with van der Waals surface area (Å²) < 4.78 is 14.1. The summed E-state index contributed by atoms with van der Waals surface area (Å²) >= 11 is 0. The molecular formula is C23H22FNO3. The minimum absolute atomic E-state index is 0.0338. The number of aromatic carboxylic acids is 1. The van der Waals surface area contributed by atoms with E-state index in [1.807, 2.05) is 18.2 Å². The van der Waals surface area contributed by atoms with Crippen LogP contribution in [0.15, 0.2) is 53.7 Å². The summed E-state index contributed by atoms with van der Waals surface area (Å²) in [7, 11) is 0. The molecule has 2 aromatic carbocycles. The number of benzene rings is 2. The molecule has 2 aromatic rings. The minimum Gasteiger partial charge on any atom is -0.478 e. The lowest BCUT2D eigenvalue weighted by molar-refractivity contribution is 0.0696. The van der Waals surface area contributed by atoms with Crippen molar-refractivity contribution >= 4 is 23.3 Å². The molecule has 0 radical (unpaired) electrons. The second-order valence-corrected chi connectivity index (χ2v) is 7.60. The second kappa shape index (κ2) is 7.43. The van der Waals surface area contributed by atoms with Crippen LogP contribution in [0.25, 0.3) is 11.6 Å². The number of fused-ring (bicyclic) bond motifs is 1. The summed E-state index contributed by atoms with van der Waals surface area (Å²) in [6, 6.07) is 9.58. The van der Waals surface area contributed by atoms with E-state index >= 15 is 0 Å². The lowest BCUT2D eigenvalue weighted by atomic mass is 9.73. The van der Waals surface area contributed by atoms with Crippen molar-refractivity contribution in [1.82, 2.24) is 0 Å². The maximum atomic E-state index is 14.1. The first kappa shape index (κ1) is 19.5. The van der Waals surface area contributed by atoms with Crippen molar-refractivity contribution in [2.24, 2.45) is 5.16 Å². The first-order valence-electron chi connectivity index (χ1n) is 8.98. The normalized spacial score (nSPS) is 16.0. The highest BCUT2D eigenvalue weighted by atomic mass is 19.1. The number of carbonyl (C=O) groups is 1. The van der Waals surface area contributed by atoms with Gasteiger partial charge < -0.3 is 10.3 Å². The summed E-state index contributed by atoms with van der Waals surface area (Å²) in [5.41, 5.74) is 4.66. The third-order valence-electron chi connectivity index (χ3n) is 5.16. The van der Waals surface area contributed by atoms with E-state index in [0.29, 0.717) is 5.71 Å². The fourth-order valence-electron chi connectivity index (χ4n) is 3.39. The number of rotatable bonds is 4. The van der Waals surface area contributed by atoms with E-state index in [-0.39, 0.29) is 16.5 Å². The van der Waals surface area contributed by atoms with Crippen LogP contribution >= 0.6 is 0 Å². The molecule has 0 fully saturated rings. The van der Waals surface area contributed by atoms with Crippen LogP contribution in [0.3, 0.4) is 0 Å². The molecule has 0 aliphatic heterocycles. The van der Waals surface area contributed by atoms with Gasteiger partial charge in [-0.1, -0.05) is 43.3 Å². The Kier molecular flexibility index (Phi) is 5.18. The molecule has 0 bridgehead atoms. The highest BCUT2D eigenvalue weighted by Gasteiger charge is 2.27. The van der Waals surface area contributed by atoms with E-state index in [4.69, 9.17) is 5.11 Å². The molecule has 0 aromatic heterocycles. The molecule has 2 N–H and O–H groups in total. The number of hydrogen-bond acceptors (Lipinski definition) is 3. The molecule has 0 atom stereocenters. The topological polar surface area (TPSA) is 69.9 Å². The molecule has 1 aliphatic rings. The van der Waals surface area contributed by atoms with Crippen molar-refractivity contribution in [3.05, 3.63) is 82.2 Å². The van der Waals surface area contributed by atoms with Gasteiger partial charge in [0.1, 0.15) is 11.5 Å². The van der Waals surface area contributed by atoms with Gasteiger partial charge in [-0.05, 0) is 65.8 Å². The van der Waals surface area contributed by atoms with Crippen LogP contribution in [0.2, 0.25) is 0 Å². The Hall–Kier alpha value is -3.21. The number of allylic oxidation sites excluding steroid dienone is 3. The highest BCUT2D eigenvalue weighted by Crippen LogP contribution is 2.39. The fourth-order valence-corrected chi connectivity index (χ4v) is 3.39. The lowest BCUT2D eigenvalue weighted by Gasteiger charge is -2.31. The van der Waals surface area contributed by atoms with E-state index in [9.17, 15) is 14.4 Å². The van der Waals surface area contributed by atoms with Crippen molar-refractivity contribution in [2.45, 2.75) is 32.6 Å². The smallest absolute Gasteiger partial charge is 0.335 e. The first-order valence-corrected chi connectivity index (χ1v) is 8.98. The Bertz CT molecular complexity index is 1030. The Labute approximate surface area is 163 Å². The first-order chi connectivity index (χ1) is 13.2. The third kappa shape index (κ3) is 3.74. The van der Waals surface area contributed by atoms with Gasteiger partial charge in [-0.15, -0.1) is 0 Å². The largest absolute Gasteiger partial charge is 0.478 e. The van der Waals surface area contributed by atoms with Crippen LogP contribution in [-0.2, 0) is 5.41 Å². The molecule has 0 spiro atoms. The van der Waals surface area contributed by atoms with Gasteiger partial charge in [0.15, 0.2) is 0 Å². The SMILES string of the molecule is CC1=CCC(C)(C)c2cc(C(/C=C/c3ccc(C(=O)O)cc3F)=N/O)ccc21. The van der Waals surface area contributed by atoms with E-state index in [1.165, 1.54) is 41.0 Å². The molecule has 5 heteroatoms. The molecule has 0 heterocycles. The Morgan fingerprint density at radius 1 is 1.18 bits per heavy atom. The van der Waals surface area contributed by atoms with E-state index < -0.39 is 11.8 Å². The molecule has 4 nitrogen and oxygen atoms in total. The molecule has 144 valence electrons. The van der Waals surface area contributed by atoms with Crippen molar-refractivity contribution in [2.75, 3.05) is 0 Å². The number of oxime groups is 1. The third-order valence-corrected chi connectivity index (χ3v) is 5.16. The molecule has 0 saturated heterocycles. The Balaban J connectivity index is 1.94. The number of carboxylic acid groups (broad SMARTS) is 1. The zero-order chi connectivity index (χ0) is 20.5. The quantitative estimate of drug-likeness (QED) is 0.419. The molecular weight excluding hydrogens is 357 g/mol. The predicted molar refractivity (Wildman–Crippen MR) is 108 cm³/mol. The standard InChI is InChI=1S/C23H22FNO3/c1-14-10-11-23(2,3)19-12-16(6-8-18(14)19)21(25-28)9-7-15-4-5-17(22(26)27)13-20(15)24/h4-10,12-13,28H,11H2,1-3H3,(H,26,27)/b9-7+,25-21+. The summed E-state index contributed by atoms with van der Waals surface area (Å²) in [6.45, 7) is 6.42. The van der Waals surface area contributed by atoms with Gasteiger partial charge in [0.25, 0.3) is 0 Å². The van der Waals surface area contributed by atoms with E-state index in [2.05, 4.69) is 32.0 Å². The van der Waals surface area contributed by atoms with Crippen LogP contribution in [0.4, 0.5) is 4.39 Å². The zero-order valence-electron chi connectivity index (χ0n) is 16.0. The van der Waals surface area contributed by atoms with Gasteiger partial charge >= 0.3 is 5.97 Å². The molecule has 0 unspecified atom stereocenters. The Morgan fingerprint density at radius 3 is 2.54 bits per heavy atom. The Morgan fingerprint density at radius 2 is 1.89 bits per heavy atom. The summed E-state index contributed by atoms with van der Waals surface area (Å²) in [4.78, 5) is 10.9. The predicted octanol–water partition coefficient (Wildman–Crippen LogP) is 5.50. The van der Waals surface area contributed by atoms with Crippen LogP contribution in [0, 0.1) is 5.82 Å². The van der Waals surface area contributed by atoms with Gasteiger partial charge in [0.2, 0.25) is 0 Å². The average Bonchev–Trinajstić information content (AvgIpc) is 2.66. The molecule has 3 rings (SSSR count). The van der Waals surface area contributed by atoms with Gasteiger partial charge in [-0.3, -0.25) is 0 Å². The molecule has 0 saturated carbocycles. The molecule has 0 amide bonds. The van der Waals surface area contributed by atoms with Crippen LogP contribution in [0.1, 0.15) is 59.8 Å². The number of nitrogens with zero attached hydrogens (tertiary/aromatic N) is 1. The van der Waals surface area contributed by atoms with Crippen molar-refractivity contribution in [3.63, 3.8) is 0 Å². The number of halogens is 1. The maximum absolute atomic E-state index is 14.1. The monoisotopic (exact) mass is 379 g/mol. The fraction of sp³-hybridized carbons (Fsp3) is 0.217. The molecule has 28 heavy (non-hydrogen) atoms. The summed E-state index contributed by atoms with van der Waals surface area (Å²) in [6.07, 6.45) is 6.13. The van der Waals surface area contributed by atoms with Gasteiger partial charge in [0.05, 0.1) is 5.56 Å². The highest BCUT2D eigenvalue weighted by molar-refractivity contribution is 6.10. The van der Waals surface area contributed by atoms with Crippen molar-refractivity contribution < 1.29 is 19.5 Å². The number of carboxylic acids is 1. The second-order valence-electron chi connectivity index (χ2n) is 7.60. The minimum atomic E-state index is -1.19. The average molecular weight is 379 g/mol. The van der Waals surface area contributed by atoms with Crippen molar-refractivity contribution in [3.8, 4) is 0 Å². The van der Waals surface area contributed by atoms with Crippen molar-refractivity contribution in [1.29, 1.82) is 0 Å². The van der Waals surface area contributed by atoms with Gasteiger partial charge in [-0.25, -0.2) is 9.18 Å². The van der Waals surface area contributed by atoms with E-state index in [0.717, 1.165) is 18.1 Å². The zero-order valence-corrected chi connectivity index (χ0v) is 16.0. The maximum Gasteiger partial charge on any atom is 0.335 e.